The number of hydrogen-bond donors (Lipinski definition) is 2. The number of carbonyl (C=O) groups is 1. The van der Waals surface area contributed by atoms with Crippen LogP contribution in [0.25, 0.3) is 0 Å². The molecule has 0 saturated heterocycles. The van der Waals surface area contributed by atoms with Gasteiger partial charge in [0.05, 0.1) is 12.6 Å². The van der Waals surface area contributed by atoms with Crippen molar-refractivity contribution >= 4 is 5.91 Å². The van der Waals surface area contributed by atoms with Crippen LogP contribution in [0.3, 0.4) is 0 Å². The first-order valence-corrected chi connectivity index (χ1v) is 6.66. The SMILES string of the molecule is NCc1ccc(CC(=O)NCCCn2ccnn2)cc1. The van der Waals surface area contributed by atoms with Crippen molar-refractivity contribution in [1.82, 2.24) is 20.3 Å². The Labute approximate surface area is 118 Å². The van der Waals surface area contributed by atoms with Crippen molar-refractivity contribution in [2.75, 3.05) is 6.54 Å². The molecule has 1 heterocycles. The zero-order chi connectivity index (χ0) is 14.2. The van der Waals surface area contributed by atoms with E-state index in [0.29, 0.717) is 19.5 Å². The number of aryl methyl sites for hydroxylation is 1. The molecule has 0 aliphatic rings. The Bertz CT molecular complexity index is 521. The fraction of sp³-hybridized carbons (Fsp3) is 0.357. The largest absolute Gasteiger partial charge is 0.356 e. The highest BCUT2D eigenvalue weighted by Crippen LogP contribution is 2.04. The number of hydrogen-bond acceptors (Lipinski definition) is 4. The number of nitrogens with two attached hydrogens (primary N) is 1. The first-order chi connectivity index (χ1) is 9.78. The van der Waals surface area contributed by atoms with Crippen LogP contribution in [0.15, 0.2) is 36.7 Å². The molecule has 2 aromatic rings. The lowest BCUT2D eigenvalue weighted by Crippen LogP contribution is -2.26. The third kappa shape index (κ3) is 4.47. The average Bonchev–Trinajstić information content (AvgIpc) is 2.98. The van der Waals surface area contributed by atoms with Gasteiger partial charge in [0.1, 0.15) is 0 Å². The number of carbonyl (C=O) groups excluding carboxylic acids is 1. The number of benzene rings is 1. The maximum absolute atomic E-state index is 11.8. The van der Waals surface area contributed by atoms with Crippen molar-refractivity contribution in [2.24, 2.45) is 5.73 Å². The van der Waals surface area contributed by atoms with Gasteiger partial charge in [-0.1, -0.05) is 29.5 Å². The molecule has 106 valence electrons. The standard InChI is InChI=1S/C14H19N5O/c15-11-13-4-2-12(3-5-13)10-14(20)16-6-1-8-19-9-7-17-18-19/h2-5,7,9H,1,6,8,10-11,15H2,(H,16,20). The van der Waals surface area contributed by atoms with Crippen LogP contribution in [-0.2, 0) is 24.3 Å². The molecule has 1 aromatic heterocycles. The molecule has 6 nitrogen and oxygen atoms in total. The van der Waals surface area contributed by atoms with Crippen molar-refractivity contribution in [3.63, 3.8) is 0 Å². The molecule has 20 heavy (non-hydrogen) atoms. The van der Waals surface area contributed by atoms with Crippen molar-refractivity contribution in [3.05, 3.63) is 47.8 Å². The van der Waals surface area contributed by atoms with Crippen LogP contribution in [0.1, 0.15) is 17.5 Å². The Morgan fingerprint density at radius 2 is 2.00 bits per heavy atom. The van der Waals surface area contributed by atoms with Crippen LogP contribution in [0.4, 0.5) is 0 Å². The summed E-state index contributed by atoms with van der Waals surface area (Å²) in [6.07, 6.45) is 4.68. The molecule has 0 radical (unpaired) electrons. The normalized spacial score (nSPS) is 10.4. The first-order valence-electron chi connectivity index (χ1n) is 6.66. The fourth-order valence-corrected chi connectivity index (χ4v) is 1.86. The van der Waals surface area contributed by atoms with Crippen LogP contribution >= 0.6 is 0 Å². The van der Waals surface area contributed by atoms with E-state index in [-0.39, 0.29) is 5.91 Å². The van der Waals surface area contributed by atoms with Crippen LogP contribution < -0.4 is 11.1 Å². The molecular formula is C14H19N5O. The molecule has 0 fully saturated rings. The van der Waals surface area contributed by atoms with Gasteiger partial charge in [-0.05, 0) is 17.5 Å². The Morgan fingerprint density at radius 3 is 2.65 bits per heavy atom. The van der Waals surface area contributed by atoms with Gasteiger partial charge in [0.25, 0.3) is 0 Å². The number of nitrogens with one attached hydrogen (secondary N) is 1. The summed E-state index contributed by atoms with van der Waals surface area (Å²) in [5, 5.41) is 10.5. The second-order valence-corrected chi connectivity index (χ2v) is 4.57. The molecule has 1 amide bonds. The van der Waals surface area contributed by atoms with Gasteiger partial charge in [-0.2, -0.15) is 0 Å². The molecule has 1 aromatic carbocycles. The fourth-order valence-electron chi connectivity index (χ4n) is 1.86. The minimum atomic E-state index is 0.0316. The van der Waals surface area contributed by atoms with E-state index >= 15 is 0 Å². The zero-order valence-electron chi connectivity index (χ0n) is 11.3. The summed E-state index contributed by atoms with van der Waals surface area (Å²) in [6.45, 7) is 1.92. The zero-order valence-corrected chi connectivity index (χ0v) is 11.3. The summed E-state index contributed by atoms with van der Waals surface area (Å²) in [4.78, 5) is 11.8. The monoisotopic (exact) mass is 273 g/mol. The van der Waals surface area contributed by atoms with E-state index in [1.54, 1.807) is 17.1 Å². The Balaban J connectivity index is 1.66. The van der Waals surface area contributed by atoms with Gasteiger partial charge >= 0.3 is 0 Å². The third-order valence-corrected chi connectivity index (χ3v) is 2.98. The Kier molecular flexibility index (Phi) is 5.25. The predicted octanol–water partition coefficient (Wildman–Crippen LogP) is 0.486. The van der Waals surface area contributed by atoms with Crippen molar-refractivity contribution in [2.45, 2.75) is 25.9 Å². The summed E-state index contributed by atoms with van der Waals surface area (Å²) in [5.74, 6) is 0.0316. The molecule has 0 bridgehead atoms. The molecule has 2 rings (SSSR count). The van der Waals surface area contributed by atoms with Gasteiger partial charge in [0.15, 0.2) is 0 Å². The van der Waals surface area contributed by atoms with Gasteiger partial charge in [0.2, 0.25) is 5.91 Å². The van der Waals surface area contributed by atoms with Crippen molar-refractivity contribution in [3.8, 4) is 0 Å². The van der Waals surface area contributed by atoms with Gasteiger partial charge in [0, 0.05) is 25.8 Å². The van der Waals surface area contributed by atoms with Crippen molar-refractivity contribution < 1.29 is 4.79 Å². The smallest absolute Gasteiger partial charge is 0.224 e. The molecule has 0 atom stereocenters. The van der Waals surface area contributed by atoms with E-state index in [2.05, 4.69) is 15.6 Å². The molecule has 0 saturated carbocycles. The molecule has 6 heteroatoms. The Hall–Kier alpha value is -2.21. The van der Waals surface area contributed by atoms with E-state index in [1.165, 1.54) is 0 Å². The third-order valence-electron chi connectivity index (χ3n) is 2.98. The van der Waals surface area contributed by atoms with Crippen LogP contribution in [0.2, 0.25) is 0 Å². The number of rotatable bonds is 7. The summed E-state index contributed by atoms with van der Waals surface area (Å²) >= 11 is 0. The van der Waals surface area contributed by atoms with Gasteiger partial charge in [-0.25, -0.2) is 0 Å². The summed E-state index contributed by atoms with van der Waals surface area (Å²) < 4.78 is 1.75. The highest BCUT2D eigenvalue weighted by molar-refractivity contribution is 5.78. The van der Waals surface area contributed by atoms with Gasteiger partial charge in [-0.3, -0.25) is 9.48 Å². The number of amides is 1. The molecule has 0 unspecified atom stereocenters. The highest BCUT2D eigenvalue weighted by Gasteiger charge is 2.03. The van der Waals surface area contributed by atoms with Crippen LogP contribution in [0.5, 0.6) is 0 Å². The molecule has 3 N–H and O–H groups in total. The summed E-state index contributed by atoms with van der Waals surface area (Å²) in [7, 11) is 0. The maximum atomic E-state index is 11.8. The molecule has 0 aliphatic carbocycles. The topological polar surface area (TPSA) is 85.8 Å². The van der Waals surface area contributed by atoms with Crippen LogP contribution in [0, 0.1) is 0 Å². The summed E-state index contributed by atoms with van der Waals surface area (Å²) in [6, 6.07) is 7.79. The maximum Gasteiger partial charge on any atom is 0.224 e. The van der Waals surface area contributed by atoms with E-state index < -0.39 is 0 Å². The first kappa shape index (κ1) is 14.2. The lowest BCUT2D eigenvalue weighted by molar-refractivity contribution is -0.120. The molecule has 0 spiro atoms. The van der Waals surface area contributed by atoms with E-state index in [9.17, 15) is 4.79 Å². The van der Waals surface area contributed by atoms with E-state index in [4.69, 9.17) is 5.73 Å². The van der Waals surface area contributed by atoms with Gasteiger partial charge < -0.3 is 11.1 Å². The second kappa shape index (κ2) is 7.40. The van der Waals surface area contributed by atoms with E-state index in [1.807, 2.05) is 24.3 Å². The van der Waals surface area contributed by atoms with Gasteiger partial charge in [-0.15, -0.1) is 5.10 Å². The molecular weight excluding hydrogens is 254 g/mol. The average molecular weight is 273 g/mol. The number of nitrogens with zero attached hydrogens (tertiary/aromatic N) is 3. The number of aromatic nitrogens is 3. The second-order valence-electron chi connectivity index (χ2n) is 4.57. The lowest BCUT2D eigenvalue weighted by atomic mass is 10.1. The minimum absolute atomic E-state index is 0.0316. The quantitative estimate of drug-likeness (QED) is 0.719. The highest BCUT2D eigenvalue weighted by atomic mass is 16.1. The summed E-state index contributed by atoms with van der Waals surface area (Å²) in [5.41, 5.74) is 7.60. The van der Waals surface area contributed by atoms with Crippen molar-refractivity contribution in [1.29, 1.82) is 0 Å². The lowest BCUT2D eigenvalue weighted by Gasteiger charge is -2.06. The molecule has 0 aliphatic heterocycles. The minimum Gasteiger partial charge on any atom is -0.356 e. The Morgan fingerprint density at radius 1 is 1.25 bits per heavy atom. The van der Waals surface area contributed by atoms with E-state index in [0.717, 1.165) is 24.1 Å². The van der Waals surface area contributed by atoms with Crippen LogP contribution in [-0.4, -0.2) is 27.4 Å². The predicted molar refractivity (Wildman–Crippen MR) is 75.7 cm³/mol.